The van der Waals surface area contributed by atoms with Crippen molar-refractivity contribution in [2.24, 2.45) is 0 Å². The van der Waals surface area contributed by atoms with Gasteiger partial charge in [-0.15, -0.1) is 0 Å². The van der Waals surface area contributed by atoms with Crippen LogP contribution in [0.2, 0.25) is 0 Å². The summed E-state index contributed by atoms with van der Waals surface area (Å²) in [6.45, 7) is 3.80. The van der Waals surface area contributed by atoms with Gasteiger partial charge in [0, 0.05) is 17.7 Å². The highest BCUT2D eigenvalue weighted by Gasteiger charge is 2.18. The fraction of sp³-hybridized carbons (Fsp3) is 0.280. The summed E-state index contributed by atoms with van der Waals surface area (Å²) in [7, 11) is -3.71. The molecule has 0 fully saturated rings. The van der Waals surface area contributed by atoms with Crippen molar-refractivity contribution >= 4 is 21.6 Å². The molecule has 0 saturated heterocycles. The highest BCUT2D eigenvalue weighted by atomic mass is 32.2. The van der Waals surface area contributed by atoms with Crippen LogP contribution in [-0.2, 0) is 22.9 Å². The standard InChI is InChI=1S/C25H27N3O4S/c1-17(2)27-25(29)19-7-11-22(12-8-19)32-24-14-10-21(16-26-24)28-33(30,31)23-13-9-18-5-3-4-6-20(18)15-23/h7-17,28H,3-6H2,1-2H3,(H,27,29). The van der Waals surface area contributed by atoms with Crippen LogP contribution in [0, 0.1) is 0 Å². The molecular weight excluding hydrogens is 438 g/mol. The maximum atomic E-state index is 12.8. The van der Waals surface area contributed by atoms with Gasteiger partial charge in [-0.1, -0.05) is 6.07 Å². The average molecular weight is 466 g/mol. The number of hydrogen-bond donors (Lipinski definition) is 2. The minimum atomic E-state index is -3.71. The third-order valence-electron chi connectivity index (χ3n) is 5.38. The molecule has 1 aliphatic rings. The Labute approximate surface area is 194 Å². The molecule has 1 aromatic heterocycles. The van der Waals surface area contributed by atoms with E-state index in [9.17, 15) is 13.2 Å². The first-order chi connectivity index (χ1) is 15.8. The summed E-state index contributed by atoms with van der Waals surface area (Å²) in [4.78, 5) is 16.5. The third kappa shape index (κ3) is 5.70. The van der Waals surface area contributed by atoms with E-state index in [-0.39, 0.29) is 16.8 Å². The summed E-state index contributed by atoms with van der Waals surface area (Å²) >= 11 is 0. The Bertz CT molecular complexity index is 1240. The molecule has 172 valence electrons. The van der Waals surface area contributed by atoms with E-state index in [0.717, 1.165) is 31.2 Å². The lowest BCUT2D eigenvalue weighted by Gasteiger charge is -2.17. The molecule has 0 spiro atoms. The number of carbonyl (C=O) groups excluding carboxylic acids is 1. The van der Waals surface area contributed by atoms with E-state index >= 15 is 0 Å². The first-order valence-electron chi connectivity index (χ1n) is 11.0. The SMILES string of the molecule is CC(C)NC(=O)c1ccc(Oc2ccc(NS(=O)(=O)c3ccc4c(c3)CCCC4)cn2)cc1. The number of rotatable bonds is 7. The van der Waals surface area contributed by atoms with Gasteiger partial charge in [0.15, 0.2) is 0 Å². The van der Waals surface area contributed by atoms with Crippen LogP contribution < -0.4 is 14.8 Å². The number of ether oxygens (including phenoxy) is 1. The number of hydrogen-bond acceptors (Lipinski definition) is 5. The van der Waals surface area contributed by atoms with Gasteiger partial charge in [0.25, 0.3) is 15.9 Å². The van der Waals surface area contributed by atoms with Crippen molar-refractivity contribution in [3.8, 4) is 11.6 Å². The molecule has 33 heavy (non-hydrogen) atoms. The van der Waals surface area contributed by atoms with Crippen molar-refractivity contribution in [2.75, 3.05) is 4.72 Å². The highest BCUT2D eigenvalue weighted by molar-refractivity contribution is 7.92. The summed E-state index contributed by atoms with van der Waals surface area (Å²) < 4.78 is 33.9. The zero-order chi connectivity index (χ0) is 23.4. The van der Waals surface area contributed by atoms with Gasteiger partial charge in [0.05, 0.1) is 16.8 Å². The lowest BCUT2D eigenvalue weighted by molar-refractivity contribution is 0.0943. The monoisotopic (exact) mass is 465 g/mol. The third-order valence-corrected chi connectivity index (χ3v) is 6.76. The largest absolute Gasteiger partial charge is 0.439 e. The Balaban J connectivity index is 1.40. The van der Waals surface area contributed by atoms with Gasteiger partial charge in [0.1, 0.15) is 5.75 Å². The summed E-state index contributed by atoms with van der Waals surface area (Å²) in [5.41, 5.74) is 3.23. The smallest absolute Gasteiger partial charge is 0.261 e. The van der Waals surface area contributed by atoms with Crippen molar-refractivity contribution in [3.63, 3.8) is 0 Å². The van der Waals surface area contributed by atoms with Crippen LogP contribution in [0.5, 0.6) is 11.6 Å². The molecule has 1 aliphatic carbocycles. The van der Waals surface area contributed by atoms with Crippen LogP contribution in [0.15, 0.2) is 65.7 Å². The summed E-state index contributed by atoms with van der Waals surface area (Å²) in [5.74, 6) is 0.683. The van der Waals surface area contributed by atoms with Crippen LogP contribution in [0.1, 0.15) is 48.2 Å². The molecule has 0 saturated carbocycles. The quantitative estimate of drug-likeness (QED) is 0.528. The molecule has 1 heterocycles. The zero-order valence-electron chi connectivity index (χ0n) is 18.7. The van der Waals surface area contributed by atoms with Crippen LogP contribution >= 0.6 is 0 Å². The van der Waals surface area contributed by atoms with Gasteiger partial charge in [-0.2, -0.15) is 0 Å². The van der Waals surface area contributed by atoms with Crippen molar-refractivity contribution in [1.29, 1.82) is 0 Å². The molecule has 1 amide bonds. The fourth-order valence-corrected chi connectivity index (χ4v) is 4.83. The van der Waals surface area contributed by atoms with Gasteiger partial charge in [-0.3, -0.25) is 9.52 Å². The second kappa shape index (κ2) is 9.62. The van der Waals surface area contributed by atoms with Crippen LogP contribution in [-0.4, -0.2) is 25.4 Å². The van der Waals surface area contributed by atoms with Crippen molar-refractivity contribution < 1.29 is 17.9 Å². The first-order valence-corrected chi connectivity index (χ1v) is 12.5. The number of benzene rings is 2. The van der Waals surface area contributed by atoms with Gasteiger partial charge in [-0.25, -0.2) is 13.4 Å². The molecule has 7 nitrogen and oxygen atoms in total. The Kier molecular flexibility index (Phi) is 6.65. The summed E-state index contributed by atoms with van der Waals surface area (Å²) in [6, 6.07) is 15.3. The van der Waals surface area contributed by atoms with Gasteiger partial charge in [0.2, 0.25) is 5.88 Å². The van der Waals surface area contributed by atoms with Crippen molar-refractivity contribution in [3.05, 3.63) is 77.5 Å². The summed E-state index contributed by atoms with van der Waals surface area (Å²) in [5, 5.41) is 2.83. The Hall–Kier alpha value is -3.39. The molecule has 8 heteroatoms. The number of amides is 1. The number of nitrogens with one attached hydrogen (secondary N) is 2. The molecule has 0 aliphatic heterocycles. The van der Waals surface area contributed by atoms with E-state index in [2.05, 4.69) is 15.0 Å². The minimum absolute atomic E-state index is 0.0563. The van der Waals surface area contributed by atoms with Gasteiger partial charge < -0.3 is 10.1 Å². The molecule has 0 atom stereocenters. The highest BCUT2D eigenvalue weighted by Crippen LogP contribution is 2.26. The summed E-state index contributed by atoms with van der Waals surface area (Å²) in [6.07, 6.45) is 5.56. The van der Waals surface area contributed by atoms with Crippen molar-refractivity contribution in [2.45, 2.75) is 50.5 Å². The van der Waals surface area contributed by atoms with Crippen LogP contribution in [0.25, 0.3) is 0 Å². The molecule has 2 N–H and O–H groups in total. The molecular formula is C25H27N3O4S. The van der Waals surface area contributed by atoms with Gasteiger partial charge >= 0.3 is 0 Å². The second-order valence-electron chi connectivity index (χ2n) is 8.38. The molecule has 4 rings (SSSR count). The van der Waals surface area contributed by atoms with E-state index in [1.54, 1.807) is 48.5 Å². The van der Waals surface area contributed by atoms with Crippen LogP contribution in [0.4, 0.5) is 5.69 Å². The minimum Gasteiger partial charge on any atom is -0.439 e. The average Bonchev–Trinajstić information content (AvgIpc) is 2.80. The number of aryl methyl sites for hydroxylation is 2. The number of fused-ring (bicyclic) bond motifs is 1. The predicted octanol–water partition coefficient (Wildman–Crippen LogP) is 4.69. The topological polar surface area (TPSA) is 97.4 Å². The van der Waals surface area contributed by atoms with Gasteiger partial charge in [-0.05, 0) is 93.1 Å². The zero-order valence-corrected chi connectivity index (χ0v) is 19.5. The van der Waals surface area contributed by atoms with E-state index in [1.807, 2.05) is 19.9 Å². The first kappa shape index (κ1) is 22.8. The maximum absolute atomic E-state index is 12.8. The lowest BCUT2D eigenvalue weighted by Crippen LogP contribution is -2.29. The van der Waals surface area contributed by atoms with E-state index in [0.29, 0.717) is 22.9 Å². The molecule has 0 bridgehead atoms. The molecule has 0 radical (unpaired) electrons. The van der Waals surface area contributed by atoms with E-state index in [1.165, 1.54) is 11.8 Å². The lowest BCUT2D eigenvalue weighted by atomic mass is 9.92. The molecule has 0 unspecified atom stereocenters. The number of carbonyl (C=O) groups is 1. The van der Waals surface area contributed by atoms with Crippen molar-refractivity contribution in [1.82, 2.24) is 10.3 Å². The number of pyridine rings is 1. The van der Waals surface area contributed by atoms with E-state index in [4.69, 9.17) is 4.74 Å². The van der Waals surface area contributed by atoms with E-state index < -0.39 is 10.0 Å². The number of anilines is 1. The predicted molar refractivity (Wildman–Crippen MR) is 127 cm³/mol. The molecule has 3 aromatic rings. The maximum Gasteiger partial charge on any atom is 0.261 e. The Morgan fingerprint density at radius 2 is 1.70 bits per heavy atom. The normalized spacial score (nSPS) is 13.3. The second-order valence-corrected chi connectivity index (χ2v) is 10.1. The Morgan fingerprint density at radius 3 is 2.36 bits per heavy atom. The fourth-order valence-electron chi connectivity index (χ4n) is 3.73. The molecule has 2 aromatic carbocycles. The number of sulfonamides is 1. The van der Waals surface area contributed by atoms with Crippen LogP contribution in [0.3, 0.4) is 0 Å². The Morgan fingerprint density at radius 1 is 0.970 bits per heavy atom. The number of nitrogens with zero attached hydrogens (tertiary/aromatic N) is 1. The number of aromatic nitrogens is 1.